The zero-order valence-electron chi connectivity index (χ0n) is 15.2. The van der Waals surface area contributed by atoms with Gasteiger partial charge in [0.1, 0.15) is 5.82 Å². The molecule has 1 saturated heterocycles. The summed E-state index contributed by atoms with van der Waals surface area (Å²) >= 11 is 0. The quantitative estimate of drug-likeness (QED) is 0.924. The highest BCUT2D eigenvalue weighted by molar-refractivity contribution is 5.87. The first-order valence-corrected chi connectivity index (χ1v) is 8.50. The van der Waals surface area contributed by atoms with Crippen molar-refractivity contribution in [3.63, 3.8) is 0 Å². The zero-order chi connectivity index (χ0) is 18.0. The number of nitrogens with zero attached hydrogens (tertiary/aromatic N) is 6. The number of anilines is 2. The van der Waals surface area contributed by atoms with E-state index in [1.165, 1.54) is 0 Å². The Hall–Kier alpha value is -2.64. The number of carbonyl (C=O) groups excluding carboxylic acids is 1. The highest BCUT2D eigenvalue weighted by atomic mass is 16.2. The Balaban J connectivity index is 1.71. The largest absolute Gasteiger partial charge is 0.363 e. The SMILES string of the molecule is Cc1cc(N(C)C)nc(NC(=O)N2CCC(C)C(n3ccnc3)C2)n1. The third kappa shape index (κ3) is 3.89. The van der Waals surface area contributed by atoms with E-state index in [2.05, 4.69) is 31.8 Å². The molecule has 2 aromatic heterocycles. The predicted octanol–water partition coefficient (Wildman–Crippen LogP) is 2.16. The van der Waals surface area contributed by atoms with E-state index in [9.17, 15) is 4.79 Å². The van der Waals surface area contributed by atoms with Gasteiger partial charge < -0.3 is 14.4 Å². The van der Waals surface area contributed by atoms with Crippen molar-refractivity contribution in [1.29, 1.82) is 0 Å². The van der Waals surface area contributed by atoms with Gasteiger partial charge in [0.15, 0.2) is 0 Å². The molecule has 2 atom stereocenters. The normalized spacial score (nSPS) is 20.4. The molecular weight excluding hydrogens is 318 g/mol. The molecule has 2 aromatic rings. The van der Waals surface area contributed by atoms with Crippen LogP contribution < -0.4 is 10.2 Å². The van der Waals surface area contributed by atoms with Gasteiger partial charge in [-0.2, -0.15) is 4.98 Å². The molecule has 25 heavy (non-hydrogen) atoms. The standard InChI is InChI=1S/C17H25N7O/c1-12-5-7-23(10-14(12)24-8-6-18-11-24)17(25)21-16-19-13(2)9-15(20-16)22(3)4/h6,8-9,11-12,14H,5,7,10H2,1-4H3,(H,19,20,21,25). The number of imidazole rings is 1. The molecule has 2 amide bonds. The minimum absolute atomic E-state index is 0.160. The van der Waals surface area contributed by atoms with Crippen LogP contribution in [-0.2, 0) is 0 Å². The second kappa shape index (κ2) is 7.08. The number of amides is 2. The fraction of sp³-hybridized carbons (Fsp3) is 0.529. The molecule has 2 unspecified atom stereocenters. The number of piperidine rings is 1. The highest BCUT2D eigenvalue weighted by Gasteiger charge is 2.30. The van der Waals surface area contributed by atoms with Crippen molar-refractivity contribution in [2.75, 3.05) is 37.4 Å². The third-order valence-corrected chi connectivity index (χ3v) is 4.63. The average Bonchev–Trinajstić information content (AvgIpc) is 3.08. The summed E-state index contributed by atoms with van der Waals surface area (Å²) in [5, 5.41) is 2.84. The van der Waals surface area contributed by atoms with Crippen LogP contribution in [0.25, 0.3) is 0 Å². The maximum atomic E-state index is 12.7. The van der Waals surface area contributed by atoms with Crippen molar-refractivity contribution < 1.29 is 4.79 Å². The van der Waals surface area contributed by atoms with Gasteiger partial charge in [-0.3, -0.25) is 5.32 Å². The summed E-state index contributed by atoms with van der Waals surface area (Å²) < 4.78 is 2.08. The molecule has 0 radical (unpaired) electrons. The third-order valence-electron chi connectivity index (χ3n) is 4.63. The maximum Gasteiger partial charge on any atom is 0.324 e. The van der Waals surface area contributed by atoms with Crippen molar-refractivity contribution >= 4 is 17.8 Å². The molecule has 1 aliphatic rings. The summed E-state index contributed by atoms with van der Waals surface area (Å²) in [6.45, 7) is 5.48. The minimum atomic E-state index is -0.160. The van der Waals surface area contributed by atoms with E-state index < -0.39 is 0 Å². The molecule has 3 heterocycles. The van der Waals surface area contributed by atoms with E-state index in [1.807, 2.05) is 49.4 Å². The minimum Gasteiger partial charge on any atom is -0.363 e. The van der Waals surface area contributed by atoms with Crippen molar-refractivity contribution in [2.24, 2.45) is 5.92 Å². The summed E-state index contributed by atoms with van der Waals surface area (Å²) in [6.07, 6.45) is 6.49. The van der Waals surface area contributed by atoms with Crippen molar-refractivity contribution in [1.82, 2.24) is 24.4 Å². The lowest BCUT2D eigenvalue weighted by Gasteiger charge is -2.37. The molecule has 0 aliphatic carbocycles. The molecule has 1 N–H and O–H groups in total. The van der Waals surface area contributed by atoms with E-state index in [0.717, 1.165) is 24.5 Å². The van der Waals surface area contributed by atoms with Crippen LogP contribution in [0.4, 0.5) is 16.6 Å². The van der Waals surface area contributed by atoms with E-state index in [0.29, 0.717) is 18.4 Å². The molecule has 0 spiro atoms. The van der Waals surface area contributed by atoms with Crippen LogP contribution in [0.15, 0.2) is 24.8 Å². The number of rotatable bonds is 3. The van der Waals surface area contributed by atoms with Gasteiger partial charge >= 0.3 is 6.03 Å². The number of likely N-dealkylation sites (tertiary alicyclic amines) is 1. The maximum absolute atomic E-state index is 12.7. The number of nitrogens with one attached hydrogen (secondary N) is 1. The molecule has 1 aliphatic heterocycles. The topological polar surface area (TPSA) is 79.2 Å². The molecular formula is C17H25N7O. The van der Waals surface area contributed by atoms with Gasteiger partial charge in [-0.05, 0) is 19.3 Å². The summed E-state index contributed by atoms with van der Waals surface area (Å²) in [5.74, 6) is 1.60. The fourth-order valence-corrected chi connectivity index (χ4v) is 3.10. The molecule has 1 fully saturated rings. The summed E-state index contributed by atoms with van der Waals surface area (Å²) in [6, 6.07) is 1.96. The van der Waals surface area contributed by atoms with Crippen LogP contribution in [0.1, 0.15) is 25.1 Å². The lowest BCUT2D eigenvalue weighted by atomic mass is 9.93. The Labute approximate surface area is 147 Å². The lowest BCUT2D eigenvalue weighted by molar-refractivity contribution is 0.149. The molecule has 0 aromatic carbocycles. The van der Waals surface area contributed by atoms with E-state index >= 15 is 0 Å². The zero-order valence-corrected chi connectivity index (χ0v) is 15.2. The fourth-order valence-electron chi connectivity index (χ4n) is 3.10. The number of hydrogen-bond donors (Lipinski definition) is 1. The van der Waals surface area contributed by atoms with Gasteiger partial charge in [0.2, 0.25) is 5.95 Å². The number of hydrogen-bond acceptors (Lipinski definition) is 5. The summed E-state index contributed by atoms with van der Waals surface area (Å²) in [4.78, 5) is 29.2. The van der Waals surface area contributed by atoms with Gasteiger partial charge in [-0.1, -0.05) is 6.92 Å². The first-order valence-electron chi connectivity index (χ1n) is 8.50. The van der Waals surface area contributed by atoms with Gasteiger partial charge in [-0.25, -0.2) is 14.8 Å². The van der Waals surface area contributed by atoms with Crippen LogP contribution in [0.2, 0.25) is 0 Å². The number of aryl methyl sites for hydroxylation is 1. The molecule has 134 valence electrons. The number of aromatic nitrogens is 4. The van der Waals surface area contributed by atoms with Gasteiger partial charge in [-0.15, -0.1) is 0 Å². The van der Waals surface area contributed by atoms with E-state index in [-0.39, 0.29) is 12.1 Å². The summed E-state index contributed by atoms with van der Waals surface area (Å²) in [7, 11) is 3.82. The van der Waals surface area contributed by atoms with Crippen LogP contribution >= 0.6 is 0 Å². The van der Waals surface area contributed by atoms with Gasteiger partial charge in [0.05, 0.1) is 12.4 Å². The second-order valence-electron chi connectivity index (χ2n) is 6.80. The Bertz CT molecular complexity index is 729. The monoisotopic (exact) mass is 343 g/mol. The Morgan fingerprint density at radius 2 is 2.16 bits per heavy atom. The van der Waals surface area contributed by atoms with Gasteiger partial charge in [0, 0.05) is 51.3 Å². The first kappa shape index (κ1) is 17.2. The van der Waals surface area contributed by atoms with Crippen LogP contribution in [0.5, 0.6) is 0 Å². The van der Waals surface area contributed by atoms with Crippen molar-refractivity contribution in [3.05, 3.63) is 30.5 Å². The second-order valence-corrected chi connectivity index (χ2v) is 6.80. The molecule has 8 heteroatoms. The Morgan fingerprint density at radius 1 is 1.36 bits per heavy atom. The predicted molar refractivity (Wildman–Crippen MR) is 96.7 cm³/mol. The van der Waals surface area contributed by atoms with Gasteiger partial charge in [0.25, 0.3) is 0 Å². The van der Waals surface area contributed by atoms with Crippen molar-refractivity contribution in [3.8, 4) is 0 Å². The van der Waals surface area contributed by atoms with Crippen LogP contribution in [0, 0.1) is 12.8 Å². The lowest BCUT2D eigenvalue weighted by Crippen LogP contribution is -2.45. The molecule has 0 saturated carbocycles. The molecule has 0 bridgehead atoms. The van der Waals surface area contributed by atoms with Crippen LogP contribution in [0.3, 0.4) is 0 Å². The summed E-state index contributed by atoms with van der Waals surface area (Å²) in [5.41, 5.74) is 0.817. The smallest absolute Gasteiger partial charge is 0.324 e. The Morgan fingerprint density at radius 3 is 2.84 bits per heavy atom. The number of urea groups is 1. The average molecular weight is 343 g/mol. The number of carbonyl (C=O) groups is 1. The van der Waals surface area contributed by atoms with Crippen LogP contribution in [-0.4, -0.2) is 57.6 Å². The molecule has 8 nitrogen and oxygen atoms in total. The van der Waals surface area contributed by atoms with E-state index in [4.69, 9.17) is 0 Å². The highest BCUT2D eigenvalue weighted by Crippen LogP contribution is 2.27. The Kier molecular flexibility index (Phi) is 4.87. The first-order chi connectivity index (χ1) is 11.9. The van der Waals surface area contributed by atoms with Crippen molar-refractivity contribution in [2.45, 2.75) is 26.3 Å². The molecule has 3 rings (SSSR count). The van der Waals surface area contributed by atoms with E-state index in [1.54, 1.807) is 6.20 Å².